The van der Waals surface area contributed by atoms with Gasteiger partial charge in [-0.1, -0.05) is 44.7 Å². The van der Waals surface area contributed by atoms with Crippen molar-refractivity contribution < 1.29 is 9.90 Å². The highest BCUT2D eigenvalue weighted by Gasteiger charge is 2.21. The molecule has 0 saturated heterocycles. The Labute approximate surface area is 121 Å². The molecule has 1 aliphatic heterocycles. The third-order valence-electron chi connectivity index (χ3n) is 4.16. The minimum atomic E-state index is -0.375. The molecular weight excluding hydrogens is 250 g/mol. The Bertz CT molecular complexity index is 470. The number of hydrogen-bond donors (Lipinski definition) is 1. The van der Waals surface area contributed by atoms with Gasteiger partial charge in [0.1, 0.15) is 0 Å². The number of carbonyl (C=O) groups is 1. The normalized spacial score (nSPS) is 16.1. The SMILES string of the molecule is CCCCCCC(O)c1ccc2c(c1)CCC(=O)N2C. The summed E-state index contributed by atoms with van der Waals surface area (Å²) in [5.74, 6) is 0.172. The molecule has 1 amide bonds. The molecule has 0 aliphatic carbocycles. The van der Waals surface area contributed by atoms with E-state index in [4.69, 9.17) is 0 Å². The van der Waals surface area contributed by atoms with Crippen LogP contribution >= 0.6 is 0 Å². The average molecular weight is 275 g/mol. The van der Waals surface area contributed by atoms with Crippen molar-refractivity contribution in [1.82, 2.24) is 0 Å². The number of unbranched alkanes of at least 4 members (excludes halogenated alkanes) is 3. The van der Waals surface area contributed by atoms with Crippen molar-refractivity contribution >= 4 is 11.6 Å². The highest BCUT2D eigenvalue weighted by atomic mass is 16.3. The van der Waals surface area contributed by atoms with Crippen LogP contribution in [0, 0.1) is 0 Å². The van der Waals surface area contributed by atoms with Crippen LogP contribution in [0.2, 0.25) is 0 Å². The van der Waals surface area contributed by atoms with Crippen LogP contribution < -0.4 is 4.90 Å². The second-order valence-electron chi connectivity index (χ2n) is 5.71. The number of aryl methyl sites for hydroxylation is 1. The molecule has 0 bridgehead atoms. The highest BCUT2D eigenvalue weighted by Crippen LogP contribution is 2.30. The van der Waals surface area contributed by atoms with Gasteiger partial charge in [0.25, 0.3) is 0 Å². The zero-order valence-corrected chi connectivity index (χ0v) is 12.6. The van der Waals surface area contributed by atoms with Crippen molar-refractivity contribution in [2.75, 3.05) is 11.9 Å². The molecule has 1 atom stereocenters. The van der Waals surface area contributed by atoms with Crippen molar-refractivity contribution in [3.05, 3.63) is 29.3 Å². The third kappa shape index (κ3) is 3.40. The maximum atomic E-state index is 11.7. The molecule has 2 rings (SSSR count). The highest BCUT2D eigenvalue weighted by molar-refractivity contribution is 5.95. The van der Waals surface area contributed by atoms with Crippen LogP contribution in [0.25, 0.3) is 0 Å². The number of aliphatic hydroxyl groups excluding tert-OH is 1. The van der Waals surface area contributed by atoms with Crippen LogP contribution in [0.1, 0.15) is 62.7 Å². The van der Waals surface area contributed by atoms with Crippen molar-refractivity contribution in [3.63, 3.8) is 0 Å². The number of nitrogens with zero attached hydrogens (tertiary/aromatic N) is 1. The average Bonchev–Trinajstić information content (AvgIpc) is 2.47. The fraction of sp³-hybridized carbons (Fsp3) is 0.588. The first-order chi connectivity index (χ1) is 9.63. The summed E-state index contributed by atoms with van der Waals surface area (Å²) in [6.45, 7) is 2.19. The van der Waals surface area contributed by atoms with Crippen LogP contribution in [0.3, 0.4) is 0 Å². The van der Waals surface area contributed by atoms with Gasteiger partial charge in [0.05, 0.1) is 6.10 Å². The number of benzene rings is 1. The number of fused-ring (bicyclic) bond motifs is 1. The minimum absolute atomic E-state index is 0.172. The number of aliphatic hydroxyl groups is 1. The number of carbonyl (C=O) groups excluding carboxylic acids is 1. The zero-order valence-electron chi connectivity index (χ0n) is 12.6. The molecule has 1 aromatic carbocycles. The van der Waals surface area contributed by atoms with Gasteiger partial charge in [0.15, 0.2) is 0 Å². The van der Waals surface area contributed by atoms with Crippen molar-refractivity contribution in [2.45, 2.75) is 58.0 Å². The Morgan fingerprint density at radius 2 is 2.05 bits per heavy atom. The molecule has 0 spiro atoms. The summed E-state index contributed by atoms with van der Waals surface area (Å²) in [6, 6.07) is 6.00. The van der Waals surface area contributed by atoms with Gasteiger partial charge in [-0.15, -0.1) is 0 Å². The molecule has 1 aromatic rings. The van der Waals surface area contributed by atoms with E-state index in [1.165, 1.54) is 24.8 Å². The van der Waals surface area contributed by atoms with Crippen molar-refractivity contribution in [3.8, 4) is 0 Å². The predicted molar refractivity (Wildman–Crippen MR) is 81.9 cm³/mol. The monoisotopic (exact) mass is 275 g/mol. The second kappa shape index (κ2) is 6.89. The summed E-state index contributed by atoms with van der Waals surface area (Å²) in [5.41, 5.74) is 3.16. The number of rotatable bonds is 6. The molecule has 1 N–H and O–H groups in total. The van der Waals surface area contributed by atoms with Crippen molar-refractivity contribution in [2.24, 2.45) is 0 Å². The smallest absolute Gasteiger partial charge is 0.227 e. The first kappa shape index (κ1) is 15.0. The molecule has 0 aromatic heterocycles. The van der Waals surface area contributed by atoms with E-state index in [2.05, 4.69) is 13.0 Å². The Morgan fingerprint density at radius 1 is 1.25 bits per heavy atom. The largest absolute Gasteiger partial charge is 0.388 e. The van der Waals surface area contributed by atoms with Crippen LogP contribution in [0.5, 0.6) is 0 Å². The second-order valence-corrected chi connectivity index (χ2v) is 5.71. The molecule has 3 heteroatoms. The van der Waals surface area contributed by atoms with E-state index >= 15 is 0 Å². The van der Waals surface area contributed by atoms with E-state index in [0.29, 0.717) is 6.42 Å². The molecule has 3 nitrogen and oxygen atoms in total. The van der Waals surface area contributed by atoms with Gasteiger partial charge in [0, 0.05) is 19.2 Å². The van der Waals surface area contributed by atoms with E-state index in [1.807, 2.05) is 19.2 Å². The number of amides is 1. The summed E-state index contributed by atoms with van der Waals surface area (Å²) in [7, 11) is 1.82. The van der Waals surface area contributed by atoms with Gasteiger partial charge >= 0.3 is 0 Å². The molecule has 0 fully saturated rings. The standard InChI is InChI=1S/C17H25NO2/c1-3-4-5-6-7-16(19)14-8-10-15-13(12-14)9-11-17(20)18(15)2/h8,10,12,16,19H,3-7,9,11H2,1-2H3. The van der Waals surface area contributed by atoms with E-state index in [-0.39, 0.29) is 12.0 Å². The summed E-state index contributed by atoms with van der Waals surface area (Å²) < 4.78 is 0. The van der Waals surface area contributed by atoms with Crippen molar-refractivity contribution in [1.29, 1.82) is 0 Å². The van der Waals surface area contributed by atoms with Gasteiger partial charge in [-0.3, -0.25) is 4.79 Å². The molecule has 1 aliphatic rings. The fourth-order valence-electron chi connectivity index (χ4n) is 2.81. The molecule has 1 unspecified atom stereocenters. The van der Waals surface area contributed by atoms with E-state index in [9.17, 15) is 9.90 Å². The molecular formula is C17H25NO2. The lowest BCUT2D eigenvalue weighted by Gasteiger charge is -2.26. The molecule has 1 heterocycles. The topological polar surface area (TPSA) is 40.5 Å². The summed E-state index contributed by atoms with van der Waals surface area (Å²) in [6.07, 6.45) is 6.53. The number of hydrogen-bond acceptors (Lipinski definition) is 2. The fourth-order valence-corrected chi connectivity index (χ4v) is 2.81. The lowest BCUT2D eigenvalue weighted by molar-refractivity contribution is -0.118. The molecule has 0 saturated carbocycles. The maximum absolute atomic E-state index is 11.7. The van der Waals surface area contributed by atoms with E-state index < -0.39 is 0 Å². The summed E-state index contributed by atoms with van der Waals surface area (Å²) >= 11 is 0. The lowest BCUT2D eigenvalue weighted by atomic mass is 9.95. The third-order valence-corrected chi connectivity index (χ3v) is 4.16. The van der Waals surface area contributed by atoms with Crippen LogP contribution in [0.15, 0.2) is 18.2 Å². The Balaban J connectivity index is 2.02. The predicted octanol–water partition coefficient (Wildman–Crippen LogP) is 3.60. The molecule has 20 heavy (non-hydrogen) atoms. The van der Waals surface area contributed by atoms with Gasteiger partial charge < -0.3 is 10.0 Å². The minimum Gasteiger partial charge on any atom is -0.388 e. The van der Waals surface area contributed by atoms with E-state index in [1.54, 1.807) is 4.90 Å². The Kier molecular flexibility index (Phi) is 5.18. The summed E-state index contributed by atoms with van der Waals surface area (Å²) in [4.78, 5) is 13.4. The molecule has 0 radical (unpaired) electrons. The van der Waals surface area contributed by atoms with Gasteiger partial charge in [0.2, 0.25) is 5.91 Å². The first-order valence-corrected chi connectivity index (χ1v) is 7.71. The number of anilines is 1. The maximum Gasteiger partial charge on any atom is 0.227 e. The van der Waals surface area contributed by atoms with E-state index in [0.717, 1.165) is 30.5 Å². The van der Waals surface area contributed by atoms with Crippen LogP contribution in [0.4, 0.5) is 5.69 Å². The first-order valence-electron chi connectivity index (χ1n) is 7.71. The van der Waals surface area contributed by atoms with Gasteiger partial charge in [-0.05, 0) is 30.0 Å². The Hall–Kier alpha value is -1.35. The summed E-state index contributed by atoms with van der Waals surface area (Å²) in [5, 5.41) is 10.3. The van der Waals surface area contributed by atoms with Gasteiger partial charge in [-0.2, -0.15) is 0 Å². The van der Waals surface area contributed by atoms with Gasteiger partial charge in [-0.25, -0.2) is 0 Å². The zero-order chi connectivity index (χ0) is 14.5. The Morgan fingerprint density at radius 3 is 2.80 bits per heavy atom. The quantitative estimate of drug-likeness (QED) is 0.806. The molecule has 110 valence electrons. The van der Waals surface area contributed by atoms with Crippen LogP contribution in [-0.2, 0) is 11.2 Å². The van der Waals surface area contributed by atoms with Crippen LogP contribution in [-0.4, -0.2) is 18.1 Å². The lowest BCUT2D eigenvalue weighted by Crippen LogP contribution is -2.31.